The van der Waals surface area contributed by atoms with Crippen LogP contribution in [0.3, 0.4) is 0 Å². The van der Waals surface area contributed by atoms with Crippen LogP contribution in [0.25, 0.3) is 11.5 Å². The van der Waals surface area contributed by atoms with E-state index in [1.807, 2.05) is 81.4 Å². The molecule has 0 radical (unpaired) electrons. The van der Waals surface area contributed by atoms with Gasteiger partial charge in [0.05, 0.1) is 18.2 Å². The Hall–Kier alpha value is -4.10. The van der Waals surface area contributed by atoms with Crippen LogP contribution in [0.15, 0.2) is 77.2 Å². The van der Waals surface area contributed by atoms with Crippen LogP contribution in [0.1, 0.15) is 54.3 Å². The van der Waals surface area contributed by atoms with Crippen molar-refractivity contribution in [1.29, 1.82) is 0 Å². The smallest absolute Gasteiger partial charge is 0.303 e. The van der Waals surface area contributed by atoms with Crippen LogP contribution in [0, 0.1) is 12.8 Å². The maximum atomic E-state index is 13.3. The second kappa shape index (κ2) is 14.0. The van der Waals surface area contributed by atoms with E-state index in [1.54, 1.807) is 12.1 Å². The minimum Gasteiger partial charge on any atom is -0.493 e. The van der Waals surface area contributed by atoms with E-state index in [4.69, 9.17) is 20.8 Å². The summed E-state index contributed by atoms with van der Waals surface area (Å²) in [5, 5.41) is 12.9. The molecule has 7 nitrogen and oxygen atoms in total. The first-order chi connectivity index (χ1) is 19.7. The van der Waals surface area contributed by atoms with Gasteiger partial charge in [0.15, 0.2) is 0 Å². The molecule has 1 unspecified atom stereocenters. The number of oxazole rings is 1. The average Bonchev–Trinajstić information content (AvgIpc) is 3.33. The van der Waals surface area contributed by atoms with Crippen molar-refractivity contribution in [1.82, 2.24) is 10.3 Å². The molecule has 0 aliphatic carbocycles. The Morgan fingerprint density at radius 1 is 1.00 bits per heavy atom. The standard InChI is InChI=1S/C33H35ClN2O5/c1-21(2)31(24-9-13-27(34)14-10-24)32(39)35-20-26-19-28(15-11-23(26)12-16-30(37)38)40-18-17-29-22(3)41-33(36-29)25-7-5-4-6-8-25/h4-11,13-15,19,21,31H,12,16-18,20H2,1-3H3,(H,35,39)(H,37,38). The van der Waals surface area contributed by atoms with Gasteiger partial charge in [-0.25, -0.2) is 4.98 Å². The summed E-state index contributed by atoms with van der Waals surface area (Å²) in [4.78, 5) is 29.2. The Labute approximate surface area is 245 Å². The number of aryl methyl sites for hydroxylation is 2. The number of ether oxygens (including phenoxy) is 1. The van der Waals surface area contributed by atoms with Crippen LogP contribution >= 0.6 is 11.6 Å². The number of nitrogens with zero attached hydrogens (tertiary/aromatic N) is 1. The van der Waals surface area contributed by atoms with Crippen LogP contribution in [0.5, 0.6) is 5.75 Å². The minimum atomic E-state index is -0.874. The summed E-state index contributed by atoms with van der Waals surface area (Å²) in [6.45, 7) is 6.54. The lowest BCUT2D eigenvalue weighted by atomic mass is 9.87. The first kappa shape index (κ1) is 29.9. The van der Waals surface area contributed by atoms with Crippen molar-refractivity contribution in [3.8, 4) is 17.2 Å². The Morgan fingerprint density at radius 2 is 1.73 bits per heavy atom. The summed E-state index contributed by atoms with van der Waals surface area (Å²) in [6, 6.07) is 22.6. The van der Waals surface area contributed by atoms with Gasteiger partial charge >= 0.3 is 5.97 Å². The number of benzene rings is 3. The van der Waals surface area contributed by atoms with Crippen molar-refractivity contribution < 1.29 is 23.8 Å². The van der Waals surface area contributed by atoms with Crippen LogP contribution in [-0.4, -0.2) is 28.6 Å². The van der Waals surface area contributed by atoms with Crippen molar-refractivity contribution in [2.24, 2.45) is 5.92 Å². The number of aliphatic carboxylic acids is 1. The Balaban J connectivity index is 1.44. The van der Waals surface area contributed by atoms with Gasteiger partial charge in [-0.1, -0.05) is 61.8 Å². The van der Waals surface area contributed by atoms with Gasteiger partial charge in [-0.05, 0) is 72.4 Å². The molecule has 0 bridgehead atoms. The molecule has 214 valence electrons. The summed E-state index contributed by atoms with van der Waals surface area (Å²) in [5.74, 6) is 0.711. The molecule has 1 atom stereocenters. The third kappa shape index (κ3) is 8.21. The van der Waals surface area contributed by atoms with E-state index in [0.717, 1.165) is 33.7 Å². The first-order valence-corrected chi connectivity index (χ1v) is 14.1. The lowest BCUT2D eigenvalue weighted by Crippen LogP contribution is -2.32. The molecule has 41 heavy (non-hydrogen) atoms. The largest absolute Gasteiger partial charge is 0.493 e. The molecule has 1 heterocycles. The third-order valence-electron chi connectivity index (χ3n) is 6.94. The predicted octanol–water partition coefficient (Wildman–Crippen LogP) is 7.00. The van der Waals surface area contributed by atoms with Crippen molar-refractivity contribution in [3.63, 3.8) is 0 Å². The molecular formula is C33H35ClN2O5. The number of carbonyl (C=O) groups is 2. The number of hydrogen-bond donors (Lipinski definition) is 2. The molecule has 4 aromatic rings. The third-order valence-corrected chi connectivity index (χ3v) is 7.19. The Bertz CT molecular complexity index is 1460. The Kier molecular flexibility index (Phi) is 10.2. The molecular weight excluding hydrogens is 540 g/mol. The molecule has 2 N–H and O–H groups in total. The van der Waals surface area contributed by atoms with Gasteiger partial charge in [-0.2, -0.15) is 0 Å². The highest BCUT2D eigenvalue weighted by Gasteiger charge is 2.24. The molecule has 0 aliphatic rings. The highest BCUT2D eigenvalue weighted by molar-refractivity contribution is 6.30. The van der Waals surface area contributed by atoms with Gasteiger partial charge in [0.2, 0.25) is 11.8 Å². The summed E-state index contributed by atoms with van der Waals surface area (Å²) < 4.78 is 11.9. The average molecular weight is 575 g/mol. The molecule has 1 amide bonds. The van der Waals surface area contributed by atoms with Crippen molar-refractivity contribution in [2.75, 3.05) is 6.61 Å². The van der Waals surface area contributed by atoms with Gasteiger partial charge in [0, 0.05) is 30.0 Å². The highest BCUT2D eigenvalue weighted by atomic mass is 35.5. The highest BCUT2D eigenvalue weighted by Crippen LogP contribution is 2.27. The SMILES string of the molecule is Cc1oc(-c2ccccc2)nc1CCOc1ccc(CCC(=O)O)c(CNC(=O)C(c2ccc(Cl)cc2)C(C)C)c1. The molecule has 4 rings (SSSR count). The zero-order valence-corrected chi connectivity index (χ0v) is 24.3. The molecule has 8 heteroatoms. The number of carboxylic acids is 1. The maximum Gasteiger partial charge on any atom is 0.303 e. The van der Waals surface area contributed by atoms with Crippen molar-refractivity contribution >= 4 is 23.5 Å². The van der Waals surface area contributed by atoms with Gasteiger partial charge < -0.3 is 19.6 Å². The second-order valence-corrected chi connectivity index (χ2v) is 10.7. The van der Waals surface area contributed by atoms with Crippen LogP contribution in [0.4, 0.5) is 0 Å². The molecule has 0 aliphatic heterocycles. The molecule has 0 saturated carbocycles. The second-order valence-electron chi connectivity index (χ2n) is 10.3. The summed E-state index contributed by atoms with van der Waals surface area (Å²) in [6.07, 6.45) is 0.911. The van der Waals surface area contributed by atoms with Crippen molar-refractivity contribution in [3.05, 3.63) is 106 Å². The van der Waals surface area contributed by atoms with E-state index in [2.05, 4.69) is 10.3 Å². The zero-order chi connectivity index (χ0) is 29.4. The van der Waals surface area contributed by atoms with Crippen LogP contribution < -0.4 is 10.1 Å². The lowest BCUT2D eigenvalue weighted by molar-refractivity contribution is -0.137. The van der Waals surface area contributed by atoms with Crippen molar-refractivity contribution in [2.45, 2.75) is 52.5 Å². The number of hydrogen-bond acceptors (Lipinski definition) is 5. The number of aromatic nitrogens is 1. The van der Waals surface area contributed by atoms with E-state index < -0.39 is 5.97 Å². The monoisotopic (exact) mass is 574 g/mol. The lowest BCUT2D eigenvalue weighted by Gasteiger charge is -2.21. The minimum absolute atomic E-state index is 0.00424. The number of carbonyl (C=O) groups excluding carboxylic acids is 1. The molecule has 1 aromatic heterocycles. The summed E-state index contributed by atoms with van der Waals surface area (Å²) in [7, 11) is 0. The van der Waals surface area contributed by atoms with E-state index >= 15 is 0 Å². The fourth-order valence-corrected chi connectivity index (χ4v) is 4.90. The van der Waals surface area contributed by atoms with Gasteiger partial charge in [-0.3, -0.25) is 9.59 Å². The fourth-order valence-electron chi connectivity index (χ4n) is 4.77. The summed E-state index contributed by atoms with van der Waals surface area (Å²) in [5.41, 5.74) is 4.31. The molecule has 3 aromatic carbocycles. The topological polar surface area (TPSA) is 102 Å². The molecule has 0 spiro atoms. The fraction of sp³-hybridized carbons (Fsp3) is 0.303. The Morgan fingerprint density at radius 3 is 2.41 bits per heavy atom. The van der Waals surface area contributed by atoms with E-state index in [-0.39, 0.29) is 30.7 Å². The van der Waals surface area contributed by atoms with E-state index in [1.165, 1.54) is 0 Å². The first-order valence-electron chi connectivity index (χ1n) is 13.7. The molecule has 0 saturated heterocycles. The number of halogens is 1. The zero-order valence-electron chi connectivity index (χ0n) is 23.5. The van der Waals surface area contributed by atoms with E-state index in [0.29, 0.717) is 36.1 Å². The van der Waals surface area contributed by atoms with E-state index in [9.17, 15) is 14.7 Å². The van der Waals surface area contributed by atoms with Gasteiger partial charge in [0.25, 0.3) is 0 Å². The quantitative estimate of drug-likeness (QED) is 0.178. The summed E-state index contributed by atoms with van der Waals surface area (Å²) >= 11 is 6.04. The number of rotatable bonds is 13. The number of carboxylic acid groups (broad SMARTS) is 1. The van der Waals surface area contributed by atoms with Crippen LogP contribution in [0.2, 0.25) is 5.02 Å². The number of nitrogens with one attached hydrogen (secondary N) is 1. The van der Waals surface area contributed by atoms with Crippen LogP contribution in [-0.2, 0) is 29.0 Å². The molecule has 0 fully saturated rings. The predicted molar refractivity (Wildman–Crippen MR) is 159 cm³/mol. The van der Waals surface area contributed by atoms with Gasteiger partial charge in [0.1, 0.15) is 11.5 Å². The normalized spacial score (nSPS) is 11.8. The maximum absolute atomic E-state index is 13.3. The number of amides is 1. The van der Waals surface area contributed by atoms with Gasteiger partial charge in [-0.15, -0.1) is 0 Å².